The van der Waals surface area contributed by atoms with Crippen LogP contribution in [0.4, 0.5) is 0 Å². The highest BCUT2D eigenvalue weighted by Gasteiger charge is 2.72. The third-order valence-electron chi connectivity index (χ3n) is 19.8. The lowest BCUT2D eigenvalue weighted by molar-refractivity contribution is -0.358. The number of carbonyl (C=O) groups excluding carboxylic acids is 1. The van der Waals surface area contributed by atoms with E-state index < -0.39 is 137 Å². The third kappa shape index (κ3) is 10.4. The summed E-state index contributed by atoms with van der Waals surface area (Å²) in [4.78, 5) is 25.8. The minimum atomic E-state index is -2.65. The molecule has 13 rings (SSSR count). The first-order valence-electron chi connectivity index (χ1n) is 29.0. The summed E-state index contributed by atoms with van der Waals surface area (Å²) < 4.78 is 86.1. The summed E-state index contributed by atoms with van der Waals surface area (Å²) >= 11 is 2.19. The molecular formula is C55H79IN2O20. The number of aliphatic hydroxyl groups is 4. The van der Waals surface area contributed by atoms with E-state index in [9.17, 15) is 35.1 Å². The molecule has 2 spiro atoms. The monoisotopic (exact) mass is 1210 g/mol. The van der Waals surface area contributed by atoms with Crippen molar-refractivity contribution in [2.45, 2.75) is 302 Å². The quantitative estimate of drug-likeness (QED) is 0.0695. The van der Waals surface area contributed by atoms with Crippen LogP contribution in [0, 0.1) is 0 Å². The number of rotatable bonds is 4. The molecule has 23 heteroatoms. The zero-order valence-corrected chi connectivity index (χ0v) is 46.1. The smallest absolute Gasteiger partial charge is 0.308 e. The zero-order valence-electron chi connectivity index (χ0n) is 44.0. The molecule has 0 aromatic heterocycles. The van der Waals surface area contributed by atoms with Crippen molar-refractivity contribution >= 4 is 34.5 Å². The number of alkyl halides is 1. The number of hydrogen-bond donors (Lipinski definition) is 7. The molecule has 3 unspecified atom stereocenters. The molecule has 0 aromatic rings. The fraction of sp³-hybridized carbons (Fsp3) is 0.891. The summed E-state index contributed by atoms with van der Waals surface area (Å²) in [6.07, 6.45) is -4.93. The SMILES string of the molecule is C=C1C[C@@H]2CC[C@]34OC([C@@H]5O[C@H]6CC[C@H](CC(=O)O[C@@H]7CC8OC9C[C@H](C[C@@H]%10O[C@@]%11(CC[C@@H]%10O)C[C@H](N)[C@@H]%10O[C@H](CC(=O)O)CC[C@@H]%10O%11)O[C@@H]9C[C@@H]8O[C@H]7C[C@H]7O[C@@H](CC[C@@H]1O2)C[C@@H](N)C7=C)O[C@@H]6[C@H](O3)[C@@H]5I)C(O)(O)[C@H]4O. The molecule has 0 aromatic carbocycles. The lowest BCUT2D eigenvalue weighted by Gasteiger charge is -2.53. The highest BCUT2D eigenvalue weighted by Crippen LogP contribution is 2.54. The summed E-state index contributed by atoms with van der Waals surface area (Å²) in [5.41, 5.74) is 15.2. The van der Waals surface area contributed by atoms with Crippen LogP contribution in [-0.4, -0.2) is 211 Å². The second-order valence-corrected chi connectivity index (χ2v) is 26.6. The van der Waals surface area contributed by atoms with Crippen molar-refractivity contribution in [3.63, 3.8) is 0 Å². The lowest BCUT2D eigenvalue weighted by Crippen LogP contribution is -2.68. The molecule has 0 saturated carbocycles. The Labute approximate surface area is 467 Å². The molecule has 13 aliphatic heterocycles. The van der Waals surface area contributed by atoms with E-state index in [-0.39, 0.29) is 68.0 Å². The topological polar surface area (TPSA) is 307 Å². The third-order valence-corrected chi connectivity index (χ3v) is 21.2. The van der Waals surface area contributed by atoms with Gasteiger partial charge in [0.25, 0.3) is 0 Å². The van der Waals surface area contributed by atoms with Gasteiger partial charge in [0.05, 0.1) is 121 Å². The van der Waals surface area contributed by atoms with E-state index in [4.69, 9.17) is 73.0 Å². The van der Waals surface area contributed by atoms with E-state index >= 15 is 0 Å². The first-order valence-corrected chi connectivity index (χ1v) is 30.2. The van der Waals surface area contributed by atoms with Gasteiger partial charge >= 0.3 is 11.9 Å². The number of halogens is 1. The van der Waals surface area contributed by atoms with Crippen molar-refractivity contribution in [2.75, 3.05) is 0 Å². The zero-order chi connectivity index (χ0) is 54.2. The summed E-state index contributed by atoms with van der Waals surface area (Å²) in [6.45, 7) is 8.78. The highest BCUT2D eigenvalue weighted by atomic mass is 127. The van der Waals surface area contributed by atoms with Crippen LogP contribution in [0.5, 0.6) is 0 Å². The van der Waals surface area contributed by atoms with Crippen LogP contribution in [0.1, 0.15) is 128 Å². The van der Waals surface area contributed by atoms with E-state index in [0.29, 0.717) is 109 Å². The van der Waals surface area contributed by atoms with Crippen molar-refractivity contribution in [3.8, 4) is 0 Å². The Hall–Kier alpha value is -1.57. The first kappa shape index (κ1) is 55.6. The van der Waals surface area contributed by atoms with E-state index in [1.807, 2.05) is 0 Å². The fourth-order valence-corrected chi connectivity index (χ4v) is 16.9. The Morgan fingerprint density at radius 3 is 2.15 bits per heavy atom. The standard InChI is InChI=1S/C55H79IN2O20/c1-23-13-28-9-12-54-52(63)55(64,65)51(78-54)50-46(56)49(77-54)48-34(74-50)7-4-27(70-48)18-45(62)73-43-21-42-41(72-40(43)19-36-24(2)30(57)14-25(67-36)3-6-33(23)66-28)20-39-38(71-42)16-29(68-39)15-37-32(59)10-11-53(76-37)22-31(58)47-35(75-53)8-5-26(69-47)17-44(60)61/h25-43,46-52,59,63-65H,1-22,57-58H2,(H,60,61)/t25-,26-,27+,28-,29-,30+,31-,32-,33-,34-,35-,36+,37-,38?,39+,40-,41-,42?,43+,46-,47-,48-,49+,50+,51?,52-,53-,54+/m0/s1. The normalized spacial score (nSPS) is 53.9. The molecular weight excluding hydrogens is 1140 g/mol. The van der Waals surface area contributed by atoms with Gasteiger partial charge in [0.2, 0.25) is 11.6 Å². The van der Waals surface area contributed by atoms with Crippen LogP contribution in [0.2, 0.25) is 0 Å². The summed E-state index contributed by atoms with van der Waals surface area (Å²) in [7, 11) is 0. The molecule has 0 radical (unpaired) electrons. The predicted octanol–water partition coefficient (Wildman–Crippen LogP) is 1.90. The summed E-state index contributed by atoms with van der Waals surface area (Å²) in [5.74, 6) is -6.85. The van der Waals surface area contributed by atoms with E-state index in [2.05, 4.69) is 35.7 Å². The maximum atomic E-state index is 14.3. The van der Waals surface area contributed by atoms with Crippen LogP contribution in [0.3, 0.4) is 0 Å². The second-order valence-electron chi connectivity index (χ2n) is 25.1. The number of ether oxygens (including phenoxy) is 13. The van der Waals surface area contributed by atoms with Gasteiger partial charge in [-0.05, 0) is 75.4 Å². The number of aliphatic hydroxyl groups excluding tert-OH is 2. The predicted molar refractivity (Wildman–Crippen MR) is 275 cm³/mol. The van der Waals surface area contributed by atoms with Gasteiger partial charge in [-0.25, -0.2) is 0 Å². The molecule has 436 valence electrons. The lowest BCUT2D eigenvalue weighted by atomic mass is 9.84. The number of carbonyl (C=O) groups is 2. The Kier molecular flexibility index (Phi) is 15.3. The minimum absolute atomic E-state index is 0.0633. The van der Waals surface area contributed by atoms with E-state index in [0.717, 1.165) is 11.1 Å². The Balaban J connectivity index is 0.708. The Morgan fingerprint density at radius 2 is 1.35 bits per heavy atom. The highest BCUT2D eigenvalue weighted by molar-refractivity contribution is 14.1. The number of nitrogens with two attached hydrogens (primary N) is 2. The second kappa shape index (κ2) is 21.5. The van der Waals surface area contributed by atoms with E-state index in [1.165, 1.54) is 0 Å². The maximum Gasteiger partial charge on any atom is 0.308 e. The number of carboxylic acid groups (broad SMARTS) is 1. The molecule has 9 N–H and O–H groups in total. The summed E-state index contributed by atoms with van der Waals surface area (Å²) in [5, 5.41) is 55.2. The number of fused-ring (bicyclic) bond motifs is 12. The van der Waals surface area contributed by atoms with Crippen LogP contribution in [0.15, 0.2) is 24.3 Å². The van der Waals surface area contributed by atoms with Gasteiger partial charge in [0.15, 0.2) is 11.9 Å². The largest absolute Gasteiger partial charge is 0.481 e. The Bertz CT molecular complexity index is 2280. The number of hydrogen-bond acceptors (Lipinski definition) is 21. The van der Waals surface area contributed by atoms with Crippen LogP contribution in [0.25, 0.3) is 0 Å². The van der Waals surface area contributed by atoms with Crippen LogP contribution >= 0.6 is 22.6 Å². The van der Waals surface area contributed by atoms with Crippen molar-refractivity contribution in [1.29, 1.82) is 0 Å². The minimum Gasteiger partial charge on any atom is -0.481 e. The Morgan fingerprint density at radius 1 is 0.628 bits per heavy atom. The van der Waals surface area contributed by atoms with Crippen molar-refractivity contribution in [3.05, 3.63) is 24.3 Å². The fourth-order valence-electron chi connectivity index (χ4n) is 15.8. The van der Waals surface area contributed by atoms with Crippen LogP contribution in [-0.2, 0) is 71.2 Å². The molecule has 22 nitrogen and oxygen atoms in total. The van der Waals surface area contributed by atoms with Gasteiger partial charge in [-0.2, -0.15) is 0 Å². The molecule has 0 amide bonds. The molecule has 13 fully saturated rings. The molecule has 28 atom stereocenters. The van der Waals surface area contributed by atoms with Gasteiger partial charge in [0, 0.05) is 63.5 Å². The van der Waals surface area contributed by atoms with Gasteiger partial charge in [0.1, 0.15) is 30.5 Å². The molecule has 0 aliphatic carbocycles. The molecule has 13 heterocycles. The van der Waals surface area contributed by atoms with Gasteiger partial charge in [-0.15, -0.1) is 0 Å². The van der Waals surface area contributed by atoms with Crippen molar-refractivity contribution in [2.24, 2.45) is 11.5 Å². The van der Waals surface area contributed by atoms with Gasteiger partial charge in [-0.3, -0.25) is 9.59 Å². The van der Waals surface area contributed by atoms with Gasteiger partial charge in [-0.1, -0.05) is 35.7 Å². The number of esters is 1. The number of carboxylic acids is 1. The average Bonchev–Trinajstić information content (AvgIpc) is 4.24. The van der Waals surface area contributed by atoms with Crippen molar-refractivity contribution in [1.82, 2.24) is 0 Å². The number of aliphatic carboxylic acids is 1. The average molecular weight is 1220 g/mol. The first-order chi connectivity index (χ1) is 37.3. The molecule has 13 aliphatic rings. The van der Waals surface area contributed by atoms with Gasteiger partial charge < -0.3 is 98.6 Å². The maximum absolute atomic E-state index is 14.3. The molecule has 78 heavy (non-hydrogen) atoms. The van der Waals surface area contributed by atoms with Crippen molar-refractivity contribution < 1.29 is 96.7 Å². The summed E-state index contributed by atoms with van der Waals surface area (Å²) in [6, 6.07) is -0.777. The molecule has 10 bridgehead atoms. The van der Waals surface area contributed by atoms with Crippen LogP contribution < -0.4 is 11.5 Å². The molecule has 13 saturated heterocycles. The van der Waals surface area contributed by atoms with E-state index in [1.54, 1.807) is 0 Å².